The summed E-state index contributed by atoms with van der Waals surface area (Å²) in [5, 5.41) is 10.2. The van der Waals surface area contributed by atoms with Gasteiger partial charge in [0.1, 0.15) is 5.78 Å². The highest BCUT2D eigenvalue weighted by Crippen LogP contribution is 2.65. The Bertz CT molecular complexity index is 286. The van der Waals surface area contributed by atoms with Crippen molar-refractivity contribution in [3.8, 4) is 0 Å². The number of aliphatic hydroxyl groups excluding tert-OH is 1. The van der Waals surface area contributed by atoms with Crippen LogP contribution in [0.3, 0.4) is 0 Å². The van der Waals surface area contributed by atoms with Crippen molar-refractivity contribution < 1.29 is 9.90 Å². The molecule has 2 nitrogen and oxygen atoms in total. The summed E-state index contributed by atoms with van der Waals surface area (Å²) in [6.45, 7) is 2.24. The number of Topliss-reactive ketones (excluding diaryl/α,β-unsaturated/α-hetero) is 1. The molecule has 0 bridgehead atoms. The van der Waals surface area contributed by atoms with E-state index in [-0.39, 0.29) is 11.5 Å². The fourth-order valence-electron chi connectivity index (χ4n) is 4.66. The van der Waals surface area contributed by atoms with E-state index in [4.69, 9.17) is 0 Å². The molecule has 14 heavy (non-hydrogen) atoms. The topological polar surface area (TPSA) is 37.3 Å². The van der Waals surface area contributed by atoms with Gasteiger partial charge in [-0.25, -0.2) is 0 Å². The first-order valence-electron chi connectivity index (χ1n) is 5.84. The predicted octanol–water partition coefficient (Wildman–Crippen LogP) is 1.76. The van der Waals surface area contributed by atoms with Crippen LogP contribution in [0.5, 0.6) is 0 Å². The van der Waals surface area contributed by atoms with Crippen LogP contribution < -0.4 is 0 Å². The average molecular weight is 194 g/mol. The van der Waals surface area contributed by atoms with Crippen molar-refractivity contribution in [2.75, 3.05) is 0 Å². The van der Waals surface area contributed by atoms with E-state index in [0.29, 0.717) is 30.0 Å². The minimum Gasteiger partial charge on any atom is -0.393 e. The second-order valence-electron chi connectivity index (χ2n) is 5.64. The number of hydrogen-bond donors (Lipinski definition) is 1. The standard InChI is InChI=1S/C12H18O2/c1-7-4-11(14)12-6-9(13)5-8(12)2-3-10(7)12/h7-8,10-11,14H,2-6H2,1H3/t7-,8-,10-,11?,12-/m1/s1. The molecule has 5 atom stereocenters. The molecule has 3 aliphatic carbocycles. The van der Waals surface area contributed by atoms with Crippen LogP contribution in [0.25, 0.3) is 0 Å². The van der Waals surface area contributed by atoms with Gasteiger partial charge in [0.15, 0.2) is 0 Å². The lowest BCUT2D eigenvalue weighted by molar-refractivity contribution is -0.119. The van der Waals surface area contributed by atoms with Crippen molar-refractivity contribution in [2.24, 2.45) is 23.2 Å². The second-order valence-corrected chi connectivity index (χ2v) is 5.64. The Morgan fingerprint density at radius 1 is 1.43 bits per heavy atom. The normalized spacial score (nSPS) is 56.3. The van der Waals surface area contributed by atoms with Crippen molar-refractivity contribution in [3.63, 3.8) is 0 Å². The highest BCUT2D eigenvalue weighted by atomic mass is 16.3. The second kappa shape index (κ2) is 2.60. The van der Waals surface area contributed by atoms with E-state index in [1.54, 1.807) is 0 Å². The van der Waals surface area contributed by atoms with Crippen LogP contribution in [0.1, 0.15) is 39.0 Å². The third kappa shape index (κ3) is 0.837. The van der Waals surface area contributed by atoms with Crippen LogP contribution in [0.2, 0.25) is 0 Å². The number of rotatable bonds is 0. The lowest BCUT2D eigenvalue weighted by Gasteiger charge is -2.32. The van der Waals surface area contributed by atoms with Crippen LogP contribution in [-0.4, -0.2) is 17.0 Å². The van der Waals surface area contributed by atoms with Gasteiger partial charge in [0.2, 0.25) is 0 Å². The summed E-state index contributed by atoms with van der Waals surface area (Å²) in [6.07, 6.45) is 4.58. The maximum absolute atomic E-state index is 11.5. The summed E-state index contributed by atoms with van der Waals surface area (Å²) in [4.78, 5) is 11.5. The molecule has 1 unspecified atom stereocenters. The van der Waals surface area contributed by atoms with Crippen molar-refractivity contribution in [2.45, 2.75) is 45.1 Å². The van der Waals surface area contributed by atoms with Crippen LogP contribution in [-0.2, 0) is 4.79 Å². The Kier molecular flexibility index (Phi) is 1.65. The Morgan fingerprint density at radius 2 is 2.21 bits per heavy atom. The summed E-state index contributed by atoms with van der Waals surface area (Å²) >= 11 is 0. The zero-order valence-electron chi connectivity index (χ0n) is 8.70. The van der Waals surface area contributed by atoms with Crippen LogP contribution in [0.4, 0.5) is 0 Å². The van der Waals surface area contributed by atoms with E-state index in [9.17, 15) is 9.90 Å². The van der Waals surface area contributed by atoms with Gasteiger partial charge >= 0.3 is 0 Å². The first-order chi connectivity index (χ1) is 6.64. The van der Waals surface area contributed by atoms with Gasteiger partial charge in [0, 0.05) is 18.3 Å². The van der Waals surface area contributed by atoms with E-state index in [1.165, 1.54) is 12.8 Å². The molecule has 3 aliphatic rings. The number of carbonyl (C=O) groups excluding carboxylic acids is 1. The van der Waals surface area contributed by atoms with E-state index < -0.39 is 0 Å². The van der Waals surface area contributed by atoms with Gasteiger partial charge in [0.05, 0.1) is 6.10 Å². The minimum atomic E-state index is -0.193. The molecule has 0 radical (unpaired) electrons. The molecule has 78 valence electrons. The van der Waals surface area contributed by atoms with Gasteiger partial charge in [0.25, 0.3) is 0 Å². The third-order valence-corrected chi connectivity index (χ3v) is 5.16. The predicted molar refractivity (Wildman–Crippen MR) is 52.7 cm³/mol. The van der Waals surface area contributed by atoms with Crippen molar-refractivity contribution in [3.05, 3.63) is 0 Å². The molecule has 2 heteroatoms. The molecule has 0 aromatic carbocycles. The van der Waals surface area contributed by atoms with Crippen molar-refractivity contribution in [1.82, 2.24) is 0 Å². The SMILES string of the molecule is C[C@@H]1CC(O)[C@]23CC(=O)C[C@H]2CC[C@H]13. The van der Waals surface area contributed by atoms with Crippen molar-refractivity contribution in [1.29, 1.82) is 0 Å². The molecular formula is C12H18O2. The molecule has 1 N–H and O–H groups in total. The Hall–Kier alpha value is -0.370. The summed E-state index contributed by atoms with van der Waals surface area (Å²) in [5.41, 5.74) is 0.0243. The summed E-state index contributed by atoms with van der Waals surface area (Å²) in [5.74, 6) is 2.17. The molecule has 0 aromatic rings. The zero-order valence-corrected chi connectivity index (χ0v) is 8.70. The molecular weight excluding hydrogens is 176 g/mol. The molecule has 0 aliphatic heterocycles. The maximum Gasteiger partial charge on any atom is 0.133 e. The van der Waals surface area contributed by atoms with E-state index >= 15 is 0 Å². The van der Waals surface area contributed by atoms with Gasteiger partial charge in [-0.15, -0.1) is 0 Å². The molecule has 0 heterocycles. The maximum atomic E-state index is 11.5. The molecule has 3 fully saturated rings. The van der Waals surface area contributed by atoms with Crippen LogP contribution >= 0.6 is 0 Å². The molecule has 0 saturated heterocycles. The first-order valence-corrected chi connectivity index (χ1v) is 5.84. The zero-order chi connectivity index (χ0) is 9.92. The van der Waals surface area contributed by atoms with Crippen molar-refractivity contribution >= 4 is 5.78 Å². The number of carbonyl (C=O) groups is 1. The highest BCUT2D eigenvalue weighted by molar-refractivity contribution is 5.82. The molecule has 0 aromatic heterocycles. The third-order valence-electron chi connectivity index (χ3n) is 5.16. The van der Waals surface area contributed by atoms with Gasteiger partial charge in [-0.1, -0.05) is 6.92 Å². The first kappa shape index (κ1) is 8.90. The fraction of sp³-hybridized carbons (Fsp3) is 0.917. The Balaban J connectivity index is 2.03. The van der Waals surface area contributed by atoms with Crippen LogP contribution in [0.15, 0.2) is 0 Å². The number of hydrogen-bond acceptors (Lipinski definition) is 2. The Labute approximate surface area is 84.7 Å². The summed E-state index contributed by atoms with van der Waals surface area (Å²) in [7, 11) is 0. The van der Waals surface area contributed by atoms with E-state index in [1.807, 2.05) is 0 Å². The smallest absolute Gasteiger partial charge is 0.133 e. The molecule has 1 spiro atoms. The van der Waals surface area contributed by atoms with Gasteiger partial charge in [-0.05, 0) is 37.0 Å². The largest absolute Gasteiger partial charge is 0.393 e. The summed E-state index contributed by atoms with van der Waals surface area (Å²) in [6, 6.07) is 0. The quantitative estimate of drug-likeness (QED) is 0.638. The number of ketones is 1. The lowest BCUT2D eigenvalue weighted by Crippen LogP contribution is -2.34. The molecule has 3 rings (SSSR count). The average Bonchev–Trinajstić information content (AvgIpc) is 2.63. The minimum absolute atomic E-state index is 0.0243. The van der Waals surface area contributed by atoms with Crippen LogP contribution in [0, 0.1) is 23.2 Å². The number of aliphatic hydroxyl groups is 1. The fourth-order valence-corrected chi connectivity index (χ4v) is 4.66. The highest BCUT2D eigenvalue weighted by Gasteiger charge is 2.63. The Morgan fingerprint density at radius 3 is 3.00 bits per heavy atom. The molecule has 0 amide bonds. The summed E-state index contributed by atoms with van der Waals surface area (Å²) < 4.78 is 0. The van der Waals surface area contributed by atoms with Gasteiger partial charge < -0.3 is 5.11 Å². The molecule has 3 saturated carbocycles. The van der Waals surface area contributed by atoms with Gasteiger partial charge in [-0.3, -0.25) is 4.79 Å². The van der Waals surface area contributed by atoms with E-state index in [2.05, 4.69) is 6.92 Å². The monoisotopic (exact) mass is 194 g/mol. The lowest BCUT2D eigenvalue weighted by atomic mass is 9.73. The van der Waals surface area contributed by atoms with Gasteiger partial charge in [-0.2, -0.15) is 0 Å². The van der Waals surface area contributed by atoms with E-state index in [0.717, 1.165) is 12.8 Å².